The molecule has 2 atom stereocenters. The highest BCUT2D eigenvalue weighted by Gasteiger charge is 2.43. The zero-order chi connectivity index (χ0) is 17.1. The quantitative estimate of drug-likeness (QED) is 0.798. The summed E-state index contributed by atoms with van der Waals surface area (Å²) >= 11 is 0. The summed E-state index contributed by atoms with van der Waals surface area (Å²) < 4.78 is 31.8. The maximum Gasteiger partial charge on any atom is 0.211 e. The lowest BCUT2D eigenvalue weighted by molar-refractivity contribution is -0.0152. The lowest BCUT2D eigenvalue weighted by atomic mass is 10.00. The average molecular weight is 341 g/mol. The Kier molecular flexibility index (Phi) is 5.70. The van der Waals surface area contributed by atoms with Gasteiger partial charge in [-0.05, 0) is 49.8 Å². The van der Waals surface area contributed by atoms with Gasteiger partial charge in [0, 0.05) is 0 Å². The molecule has 0 aromatic heterocycles. The SMILES string of the molecule is CCS(=O)(=O)NC1CCCC1(O)COc1ccc(C(C)C)cc1. The Bertz CT molecular complexity index is 612. The van der Waals surface area contributed by atoms with E-state index in [-0.39, 0.29) is 12.4 Å². The van der Waals surface area contributed by atoms with E-state index >= 15 is 0 Å². The highest BCUT2D eigenvalue weighted by Crippen LogP contribution is 2.31. The van der Waals surface area contributed by atoms with Crippen LogP contribution in [0.15, 0.2) is 24.3 Å². The van der Waals surface area contributed by atoms with Crippen molar-refractivity contribution in [2.75, 3.05) is 12.4 Å². The number of benzene rings is 1. The van der Waals surface area contributed by atoms with Crippen molar-refractivity contribution in [2.45, 2.75) is 57.6 Å². The van der Waals surface area contributed by atoms with Gasteiger partial charge in [0.25, 0.3) is 0 Å². The standard InChI is InChI=1S/C17H27NO4S/c1-4-23(20,21)18-16-6-5-11-17(16,19)12-22-15-9-7-14(8-10-15)13(2)3/h7-10,13,16,18-19H,4-6,11-12H2,1-3H3. The van der Waals surface area contributed by atoms with Crippen molar-refractivity contribution in [1.29, 1.82) is 0 Å². The Balaban J connectivity index is 2.00. The Morgan fingerprint density at radius 3 is 2.57 bits per heavy atom. The van der Waals surface area contributed by atoms with E-state index in [1.54, 1.807) is 6.92 Å². The van der Waals surface area contributed by atoms with Crippen molar-refractivity contribution < 1.29 is 18.3 Å². The number of hydrogen-bond acceptors (Lipinski definition) is 4. The third-order valence-corrected chi connectivity index (χ3v) is 5.89. The minimum Gasteiger partial charge on any atom is -0.491 e. The summed E-state index contributed by atoms with van der Waals surface area (Å²) in [7, 11) is -3.34. The van der Waals surface area contributed by atoms with Crippen LogP contribution < -0.4 is 9.46 Å². The van der Waals surface area contributed by atoms with Crippen LogP contribution in [0.1, 0.15) is 51.5 Å². The summed E-state index contributed by atoms with van der Waals surface area (Å²) in [5.74, 6) is 1.15. The van der Waals surface area contributed by atoms with Gasteiger partial charge in [-0.3, -0.25) is 0 Å². The average Bonchev–Trinajstić information content (AvgIpc) is 2.86. The van der Waals surface area contributed by atoms with Crippen LogP contribution in [0.3, 0.4) is 0 Å². The minimum atomic E-state index is -3.34. The maximum absolute atomic E-state index is 11.8. The summed E-state index contributed by atoms with van der Waals surface area (Å²) in [5, 5.41) is 10.8. The van der Waals surface area contributed by atoms with Gasteiger partial charge in [0.05, 0.1) is 11.8 Å². The third kappa shape index (κ3) is 4.68. The molecule has 6 heteroatoms. The molecule has 23 heavy (non-hydrogen) atoms. The summed E-state index contributed by atoms with van der Waals surface area (Å²) in [4.78, 5) is 0. The van der Waals surface area contributed by atoms with Crippen molar-refractivity contribution in [3.63, 3.8) is 0 Å². The number of sulfonamides is 1. The van der Waals surface area contributed by atoms with Crippen LogP contribution in [0.25, 0.3) is 0 Å². The molecular weight excluding hydrogens is 314 g/mol. The fourth-order valence-electron chi connectivity index (χ4n) is 2.85. The molecule has 1 aliphatic rings. The van der Waals surface area contributed by atoms with Crippen LogP contribution in [-0.2, 0) is 10.0 Å². The van der Waals surface area contributed by atoms with Crippen molar-refractivity contribution in [1.82, 2.24) is 4.72 Å². The van der Waals surface area contributed by atoms with Crippen LogP contribution in [0, 0.1) is 0 Å². The van der Waals surface area contributed by atoms with Crippen LogP contribution in [0.5, 0.6) is 5.75 Å². The third-order valence-electron chi connectivity index (χ3n) is 4.49. The van der Waals surface area contributed by atoms with Crippen molar-refractivity contribution in [2.24, 2.45) is 0 Å². The fourth-order valence-corrected chi connectivity index (χ4v) is 3.79. The van der Waals surface area contributed by atoms with Gasteiger partial charge < -0.3 is 9.84 Å². The van der Waals surface area contributed by atoms with Gasteiger partial charge in [-0.1, -0.05) is 26.0 Å². The van der Waals surface area contributed by atoms with Crippen molar-refractivity contribution in [3.05, 3.63) is 29.8 Å². The highest BCUT2D eigenvalue weighted by atomic mass is 32.2. The highest BCUT2D eigenvalue weighted by molar-refractivity contribution is 7.89. The molecule has 0 bridgehead atoms. The normalized spacial score (nSPS) is 25.0. The lowest BCUT2D eigenvalue weighted by Gasteiger charge is -2.30. The molecule has 1 aromatic carbocycles. The Labute approximate surface area is 139 Å². The van der Waals surface area contributed by atoms with Crippen molar-refractivity contribution >= 4 is 10.0 Å². The second kappa shape index (κ2) is 7.20. The summed E-state index contributed by atoms with van der Waals surface area (Å²) in [6, 6.07) is 7.31. The second-order valence-corrected chi connectivity index (χ2v) is 8.62. The molecule has 130 valence electrons. The first-order valence-corrected chi connectivity index (χ1v) is 9.86. The first kappa shape index (κ1) is 18.2. The van der Waals surface area contributed by atoms with Gasteiger partial charge in [-0.25, -0.2) is 13.1 Å². The number of ether oxygens (including phenoxy) is 1. The van der Waals surface area contributed by atoms with E-state index in [1.165, 1.54) is 5.56 Å². The van der Waals surface area contributed by atoms with E-state index in [9.17, 15) is 13.5 Å². The smallest absolute Gasteiger partial charge is 0.211 e. The van der Waals surface area contributed by atoms with E-state index in [2.05, 4.69) is 18.6 Å². The molecule has 2 rings (SSSR count). The molecule has 5 nitrogen and oxygen atoms in total. The molecule has 0 amide bonds. The monoisotopic (exact) mass is 341 g/mol. The van der Waals surface area contributed by atoms with Crippen LogP contribution >= 0.6 is 0 Å². The van der Waals surface area contributed by atoms with Gasteiger partial charge in [-0.15, -0.1) is 0 Å². The lowest BCUT2D eigenvalue weighted by Crippen LogP contribution is -2.52. The van der Waals surface area contributed by atoms with E-state index in [0.29, 0.717) is 24.5 Å². The molecule has 0 aliphatic heterocycles. The molecule has 1 aliphatic carbocycles. The van der Waals surface area contributed by atoms with Gasteiger partial charge in [0.15, 0.2) is 0 Å². The molecule has 1 saturated carbocycles. The van der Waals surface area contributed by atoms with Gasteiger partial charge in [0.1, 0.15) is 18.0 Å². The van der Waals surface area contributed by atoms with E-state index < -0.39 is 21.7 Å². The first-order chi connectivity index (χ1) is 10.8. The fraction of sp³-hybridized carbons (Fsp3) is 0.647. The summed E-state index contributed by atoms with van der Waals surface area (Å²) in [5.41, 5.74) is 0.0735. The predicted octanol–water partition coefficient (Wildman–Crippen LogP) is 2.41. The molecule has 1 fully saturated rings. The topological polar surface area (TPSA) is 75.6 Å². The minimum absolute atomic E-state index is 0.0110. The Morgan fingerprint density at radius 1 is 1.35 bits per heavy atom. The zero-order valence-electron chi connectivity index (χ0n) is 14.1. The van der Waals surface area contributed by atoms with Crippen LogP contribution in [0.4, 0.5) is 0 Å². The zero-order valence-corrected chi connectivity index (χ0v) is 14.9. The molecule has 1 aromatic rings. The molecule has 0 saturated heterocycles. The molecular formula is C17H27NO4S. The van der Waals surface area contributed by atoms with Gasteiger partial charge in [-0.2, -0.15) is 0 Å². The second-order valence-electron chi connectivity index (χ2n) is 6.58. The molecule has 0 spiro atoms. The Hall–Kier alpha value is -1.11. The van der Waals surface area contributed by atoms with E-state index in [4.69, 9.17) is 4.74 Å². The molecule has 2 unspecified atom stereocenters. The number of rotatable bonds is 7. The molecule has 0 radical (unpaired) electrons. The maximum atomic E-state index is 11.8. The number of aliphatic hydroxyl groups is 1. The molecule has 2 N–H and O–H groups in total. The van der Waals surface area contributed by atoms with Gasteiger partial charge >= 0.3 is 0 Å². The first-order valence-electron chi connectivity index (χ1n) is 8.21. The van der Waals surface area contributed by atoms with Crippen molar-refractivity contribution in [3.8, 4) is 5.75 Å². The van der Waals surface area contributed by atoms with E-state index in [1.807, 2.05) is 24.3 Å². The summed E-state index contributed by atoms with van der Waals surface area (Å²) in [6.45, 7) is 5.93. The van der Waals surface area contributed by atoms with Gasteiger partial charge in [0.2, 0.25) is 10.0 Å². The largest absolute Gasteiger partial charge is 0.491 e. The van der Waals surface area contributed by atoms with Crippen LogP contribution in [0.2, 0.25) is 0 Å². The van der Waals surface area contributed by atoms with E-state index in [0.717, 1.165) is 6.42 Å². The summed E-state index contributed by atoms with van der Waals surface area (Å²) in [6.07, 6.45) is 1.95. The Morgan fingerprint density at radius 2 is 2.00 bits per heavy atom. The molecule has 0 heterocycles. The number of nitrogens with one attached hydrogen (secondary N) is 1. The number of hydrogen-bond donors (Lipinski definition) is 2. The predicted molar refractivity (Wildman–Crippen MR) is 91.2 cm³/mol. The van der Waals surface area contributed by atoms with Crippen LogP contribution in [-0.4, -0.2) is 37.5 Å².